The first kappa shape index (κ1) is 11.6. The Morgan fingerprint density at radius 1 is 1.22 bits per heavy atom. The second-order valence-corrected chi connectivity index (χ2v) is 4.85. The fourth-order valence-electron chi connectivity index (χ4n) is 1.92. The molecule has 2 aromatic heterocycles. The van der Waals surface area contributed by atoms with Crippen molar-refractivity contribution in [3.63, 3.8) is 0 Å². The molecule has 0 aliphatic carbocycles. The normalized spacial score (nSPS) is 14.8. The predicted octanol–water partition coefficient (Wildman–Crippen LogP) is 2.83. The molecule has 0 saturated carbocycles. The van der Waals surface area contributed by atoms with E-state index in [-0.39, 0.29) is 17.9 Å². The Morgan fingerprint density at radius 3 is 2.72 bits per heavy atom. The molecule has 0 atom stereocenters. The van der Waals surface area contributed by atoms with Crippen LogP contribution in [0.3, 0.4) is 0 Å². The Labute approximate surface area is 105 Å². The lowest BCUT2D eigenvalue weighted by atomic mass is 10.2. The lowest BCUT2D eigenvalue weighted by molar-refractivity contribution is -0.141. The van der Waals surface area contributed by atoms with Crippen LogP contribution in [0, 0.1) is 0 Å². The zero-order valence-corrected chi connectivity index (χ0v) is 9.90. The molecular formula is C11H8F3N3S. The molecule has 3 nitrogen and oxygen atoms in total. The van der Waals surface area contributed by atoms with E-state index in [0.29, 0.717) is 17.1 Å². The van der Waals surface area contributed by atoms with Crippen molar-refractivity contribution in [2.75, 3.05) is 0 Å². The number of hydrogen-bond acceptors (Lipinski definition) is 4. The third-order valence-corrected chi connectivity index (χ3v) is 3.56. The summed E-state index contributed by atoms with van der Waals surface area (Å²) in [6.45, 7) is 0.536. The molecule has 0 unspecified atom stereocenters. The third kappa shape index (κ3) is 1.89. The molecular weight excluding hydrogens is 263 g/mol. The molecule has 2 aromatic rings. The van der Waals surface area contributed by atoms with Gasteiger partial charge in [0.15, 0.2) is 11.5 Å². The van der Waals surface area contributed by atoms with E-state index in [1.807, 2.05) is 0 Å². The number of hydrogen-bond donors (Lipinski definition) is 1. The van der Waals surface area contributed by atoms with E-state index in [1.54, 1.807) is 17.5 Å². The van der Waals surface area contributed by atoms with Gasteiger partial charge in [0.25, 0.3) is 0 Å². The molecule has 0 aromatic carbocycles. The monoisotopic (exact) mass is 271 g/mol. The summed E-state index contributed by atoms with van der Waals surface area (Å²) in [5, 5.41) is 4.66. The van der Waals surface area contributed by atoms with Crippen molar-refractivity contribution in [2.45, 2.75) is 19.3 Å². The second kappa shape index (κ2) is 4.03. The van der Waals surface area contributed by atoms with Crippen LogP contribution < -0.4 is 5.32 Å². The first-order chi connectivity index (χ1) is 8.55. The van der Waals surface area contributed by atoms with Gasteiger partial charge in [0.1, 0.15) is 0 Å². The Hall–Kier alpha value is -1.47. The average molecular weight is 271 g/mol. The molecule has 7 heteroatoms. The van der Waals surface area contributed by atoms with Gasteiger partial charge in [-0.2, -0.15) is 13.2 Å². The van der Waals surface area contributed by atoms with E-state index in [4.69, 9.17) is 0 Å². The molecule has 3 heterocycles. The summed E-state index contributed by atoms with van der Waals surface area (Å²) in [4.78, 5) is 8.55. The maximum absolute atomic E-state index is 13.0. The molecule has 0 radical (unpaired) electrons. The molecule has 0 amide bonds. The number of aromatic nitrogens is 2. The first-order valence-corrected chi connectivity index (χ1v) is 6.15. The summed E-state index contributed by atoms with van der Waals surface area (Å²) in [5.74, 6) is 0.153. The van der Waals surface area contributed by atoms with E-state index < -0.39 is 11.9 Å². The summed E-state index contributed by atoms with van der Waals surface area (Å²) >= 11 is 1.33. The highest BCUT2D eigenvalue weighted by Gasteiger charge is 2.38. The summed E-state index contributed by atoms with van der Waals surface area (Å²) in [6, 6.07) is 3.48. The molecule has 1 aliphatic rings. The highest BCUT2D eigenvalue weighted by Crippen LogP contribution is 2.35. The topological polar surface area (TPSA) is 37.8 Å². The van der Waals surface area contributed by atoms with Gasteiger partial charge in [0, 0.05) is 18.7 Å². The Morgan fingerprint density at radius 2 is 2.06 bits per heavy atom. The summed E-state index contributed by atoms with van der Waals surface area (Å²) in [6.07, 6.45) is -4.44. The Balaban J connectivity index is 2.20. The summed E-state index contributed by atoms with van der Waals surface area (Å²) in [5.41, 5.74) is -0.204. The molecule has 0 bridgehead atoms. The lowest BCUT2D eigenvalue weighted by Crippen LogP contribution is -2.14. The van der Waals surface area contributed by atoms with E-state index >= 15 is 0 Å². The average Bonchev–Trinajstić information content (AvgIpc) is 2.97. The quantitative estimate of drug-likeness (QED) is 0.866. The third-order valence-electron chi connectivity index (χ3n) is 2.70. The van der Waals surface area contributed by atoms with Gasteiger partial charge in [0.2, 0.25) is 0 Å². The van der Waals surface area contributed by atoms with Gasteiger partial charge in [-0.05, 0) is 11.4 Å². The van der Waals surface area contributed by atoms with Crippen molar-refractivity contribution in [3.05, 3.63) is 34.5 Å². The van der Waals surface area contributed by atoms with Gasteiger partial charge < -0.3 is 5.32 Å². The Kier molecular flexibility index (Phi) is 2.60. The molecule has 0 spiro atoms. The molecule has 3 rings (SSSR count). The van der Waals surface area contributed by atoms with Crippen molar-refractivity contribution < 1.29 is 13.2 Å². The fraction of sp³-hybridized carbons (Fsp3) is 0.273. The number of nitrogens with zero attached hydrogens (tertiary/aromatic N) is 2. The number of rotatable bonds is 1. The van der Waals surface area contributed by atoms with Crippen molar-refractivity contribution >= 4 is 11.3 Å². The molecule has 1 aliphatic heterocycles. The van der Waals surface area contributed by atoms with Gasteiger partial charge in [-0.1, -0.05) is 6.07 Å². The maximum atomic E-state index is 13.0. The summed E-state index contributed by atoms with van der Waals surface area (Å²) < 4.78 is 38.9. The highest BCUT2D eigenvalue weighted by atomic mass is 32.1. The zero-order valence-electron chi connectivity index (χ0n) is 9.08. The van der Waals surface area contributed by atoms with Crippen molar-refractivity contribution in [1.82, 2.24) is 15.3 Å². The number of halogens is 3. The largest absolute Gasteiger partial charge is 0.433 e. The SMILES string of the molecule is FC(F)(F)c1nc(-c2cccs2)nc2c1CNC2. The van der Waals surface area contributed by atoms with Crippen LogP contribution in [0.25, 0.3) is 10.7 Å². The van der Waals surface area contributed by atoms with Gasteiger partial charge >= 0.3 is 6.18 Å². The zero-order chi connectivity index (χ0) is 12.8. The van der Waals surface area contributed by atoms with Crippen LogP contribution in [0.4, 0.5) is 13.2 Å². The Bertz CT molecular complexity index is 578. The van der Waals surface area contributed by atoms with Crippen LogP contribution in [-0.2, 0) is 19.3 Å². The first-order valence-electron chi connectivity index (χ1n) is 5.27. The van der Waals surface area contributed by atoms with Crippen molar-refractivity contribution in [3.8, 4) is 10.7 Å². The van der Waals surface area contributed by atoms with Crippen LogP contribution in [0.15, 0.2) is 17.5 Å². The van der Waals surface area contributed by atoms with E-state index in [2.05, 4.69) is 15.3 Å². The van der Waals surface area contributed by atoms with Crippen LogP contribution in [0.5, 0.6) is 0 Å². The predicted molar refractivity (Wildman–Crippen MR) is 60.9 cm³/mol. The smallest absolute Gasteiger partial charge is 0.307 e. The minimum Gasteiger partial charge on any atom is -0.307 e. The molecule has 94 valence electrons. The van der Waals surface area contributed by atoms with E-state index in [9.17, 15) is 13.2 Å². The minimum atomic E-state index is -4.44. The number of alkyl halides is 3. The van der Waals surface area contributed by atoms with Gasteiger partial charge in [-0.15, -0.1) is 11.3 Å². The molecule has 0 saturated heterocycles. The van der Waals surface area contributed by atoms with Crippen molar-refractivity contribution in [1.29, 1.82) is 0 Å². The van der Waals surface area contributed by atoms with Gasteiger partial charge in [0.05, 0.1) is 10.6 Å². The number of fused-ring (bicyclic) bond motifs is 1. The summed E-state index contributed by atoms with van der Waals surface area (Å²) in [7, 11) is 0. The lowest BCUT2D eigenvalue weighted by Gasteiger charge is -2.11. The van der Waals surface area contributed by atoms with Crippen LogP contribution in [0.2, 0.25) is 0 Å². The molecule has 0 fully saturated rings. The highest BCUT2D eigenvalue weighted by molar-refractivity contribution is 7.13. The molecule has 18 heavy (non-hydrogen) atoms. The van der Waals surface area contributed by atoms with Crippen LogP contribution in [-0.4, -0.2) is 9.97 Å². The van der Waals surface area contributed by atoms with Crippen LogP contribution in [0.1, 0.15) is 17.0 Å². The standard InChI is InChI=1S/C11H8F3N3S/c12-11(13,14)9-6-4-15-5-7(6)16-10(17-9)8-2-1-3-18-8/h1-3,15H,4-5H2. The maximum Gasteiger partial charge on any atom is 0.433 e. The number of nitrogens with one attached hydrogen (secondary N) is 1. The van der Waals surface area contributed by atoms with Gasteiger partial charge in [-0.3, -0.25) is 0 Å². The van der Waals surface area contributed by atoms with E-state index in [1.165, 1.54) is 11.3 Å². The van der Waals surface area contributed by atoms with Crippen LogP contribution >= 0.6 is 11.3 Å². The van der Waals surface area contributed by atoms with Gasteiger partial charge in [-0.25, -0.2) is 9.97 Å². The molecule has 1 N–H and O–H groups in total. The number of thiophene rings is 1. The van der Waals surface area contributed by atoms with E-state index in [0.717, 1.165) is 0 Å². The minimum absolute atomic E-state index is 0.153. The van der Waals surface area contributed by atoms with Crippen molar-refractivity contribution in [2.24, 2.45) is 0 Å². The second-order valence-electron chi connectivity index (χ2n) is 3.90. The fourth-order valence-corrected chi connectivity index (χ4v) is 2.58.